The van der Waals surface area contributed by atoms with Gasteiger partial charge in [0.25, 0.3) is 0 Å². The van der Waals surface area contributed by atoms with Crippen LogP contribution in [0, 0.1) is 5.41 Å². The molecule has 2 saturated heterocycles. The molecule has 0 saturated carbocycles. The summed E-state index contributed by atoms with van der Waals surface area (Å²) in [6, 6.07) is 0.219. The standard InChI is InChI=1S/C12H23NO3/c1-11(2,15)10-4-3-5-13(10)6-12(7-14)8-16-9-12/h10,14-15H,3-9H2,1-2H3. The van der Waals surface area contributed by atoms with E-state index in [0.29, 0.717) is 13.2 Å². The van der Waals surface area contributed by atoms with E-state index in [1.54, 1.807) is 0 Å². The van der Waals surface area contributed by atoms with Gasteiger partial charge in [-0.05, 0) is 33.2 Å². The third kappa shape index (κ3) is 2.25. The van der Waals surface area contributed by atoms with E-state index in [-0.39, 0.29) is 18.1 Å². The quantitative estimate of drug-likeness (QED) is 0.724. The molecule has 2 N–H and O–H groups in total. The molecule has 0 radical (unpaired) electrons. The lowest BCUT2D eigenvalue weighted by molar-refractivity contribution is -0.155. The Morgan fingerprint density at radius 1 is 1.44 bits per heavy atom. The van der Waals surface area contributed by atoms with E-state index in [9.17, 15) is 10.2 Å². The molecule has 4 nitrogen and oxygen atoms in total. The van der Waals surface area contributed by atoms with E-state index in [2.05, 4.69) is 4.90 Å². The van der Waals surface area contributed by atoms with Crippen molar-refractivity contribution in [2.24, 2.45) is 5.41 Å². The van der Waals surface area contributed by atoms with Gasteiger partial charge in [-0.15, -0.1) is 0 Å². The first-order chi connectivity index (χ1) is 7.47. The van der Waals surface area contributed by atoms with Crippen molar-refractivity contribution in [2.75, 3.05) is 32.9 Å². The topological polar surface area (TPSA) is 52.9 Å². The minimum atomic E-state index is -0.655. The lowest BCUT2D eigenvalue weighted by Gasteiger charge is -2.45. The number of hydrogen-bond donors (Lipinski definition) is 2. The Balaban J connectivity index is 1.98. The lowest BCUT2D eigenvalue weighted by Crippen LogP contribution is -2.56. The smallest absolute Gasteiger partial charge is 0.0746 e. The minimum Gasteiger partial charge on any atom is -0.396 e. The van der Waals surface area contributed by atoms with Crippen LogP contribution >= 0.6 is 0 Å². The molecule has 94 valence electrons. The number of hydrogen-bond acceptors (Lipinski definition) is 4. The average molecular weight is 229 g/mol. The summed E-state index contributed by atoms with van der Waals surface area (Å²) < 4.78 is 5.21. The number of nitrogens with zero attached hydrogens (tertiary/aromatic N) is 1. The first-order valence-corrected chi connectivity index (χ1v) is 6.12. The monoisotopic (exact) mass is 229 g/mol. The van der Waals surface area contributed by atoms with Gasteiger partial charge < -0.3 is 14.9 Å². The van der Waals surface area contributed by atoms with Gasteiger partial charge in [-0.1, -0.05) is 0 Å². The minimum absolute atomic E-state index is 0.0756. The first-order valence-electron chi connectivity index (χ1n) is 6.12. The van der Waals surface area contributed by atoms with E-state index in [1.165, 1.54) is 0 Å². The molecule has 1 unspecified atom stereocenters. The molecule has 0 aromatic carbocycles. The van der Waals surface area contributed by atoms with Crippen molar-refractivity contribution in [2.45, 2.75) is 38.3 Å². The van der Waals surface area contributed by atoms with Crippen molar-refractivity contribution < 1.29 is 14.9 Å². The molecule has 0 bridgehead atoms. The fourth-order valence-electron chi connectivity index (χ4n) is 2.87. The van der Waals surface area contributed by atoms with Crippen molar-refractivity contribution in [3.8, 4) is 0 Å². The summed E-state index contributed by atoms with van der Waals surface area (Å²) in [5.41, 5.74) is -0.731. The van der Waals surface area contributed by atoms with Gasteiger partial charge in [0.05, 0.1) is 30.8 Å². The predicted octanol–water partition coefficient (Wildman–Crippen LogP) is 0.231. The van der Waals surface area contributed by atoms with Gasteiger partial charge in [-0.3, -0.25) is 4.90 Å². The van der Waals surface area contributed by atoms with E-state index in [1.807, 2.05) is 13.8 Å². The average Bonchev–Trinajstić information content (AvgIpc) is 2.58. The van der Waals surface area contributed by atoms with E-state index in [4.69, 9.17) is 4.74 Å². The molecular formula is C12H23NO3. The molecule has 0 aliphatic carbocycles. The maximum atomic E-state index is 10.1. The third-order valence-electron chi connectivity index (χ3n) is 3.87. The van der Waals surface area contributed by atoms with E-state index >= 15 is 0 Å². The fraction of sp³-hybridized carbons (Fsp3) is 1.00. The summed E-state index contributed by atoms with van der Waals surface area (Å²) in [5, 5.41) is 19.5. The Morgan fingerprint density at radius 3 is 2.56 bits per heavy atom. The van der Waals surface area contributed by atoms with E-state index < -0.39 is 5.60 Å². The molecule has 2 heterocycles. The van der Waals surface area contributed by atoms with Crippen molar-refractivity contribution in [1.82, 2.24) is 4.90 Å². The Morgan fingerprint density at radius 2 is 2.12 bits per heavy atom. The zero-order valence-electron chi connectivity index (χ0n) is 10.3. The maximum absolute atomic E-state index is 10.1. The summed E-state index contributed by atoms with van der Waals surface area (Å²) in [7, 11) is 0. The highest BCUT2D eigenvalue weighted by Gasteiger charge is 2.44. The van der Waals surface area contributed by atoms with Crippen molar-refractivity contribution in [3.05, 3.63) is 0 Å². The van der Waals surface area contributed by atoms with Crippen LogP contribution < -0.4 is 0 Å². The van der Waals surface area contributed by atoms with Crippen LogP contribution in [0.15, 0.2) is 0 Å². The predicted molar refractivity (Wildman–Crippen MR) is 61.2 cm³/mol. The van der Waals surface area contributed by atoms with E-state index in [0.717, 1.165) is 25.9 Å². The number of ether oxygens (including phenoxy) is 1. The molecule has 2 rings (SSSR count). The largest absolute Gasteiger partial charge is 0.396 e. The molecule has 4 heteroatoms. The summed E-state index contributed by atoms with van der Waals surface area (Å²) in [4.78, 5) is 2.32. The van der Waals surface area contributed by atoms with Gasteiger partial charge in [-0.25, -0.2) is 0 Å². The SMILES string of the molecule is CC(C)(O)C1CCCN1CC1(CO)COC1. The molecular weight excluding hydrogens is 206 g/mol. The van der Waals surface area contributed by atoms with Crippen molar-refractivity contribution in [3.63, 3.8) is 0 Å². The summed E-state index contributed by atoms with van der Waals surface area (Å²) >= 11 is 0. The Hall–Kier alpha value is -0.160. The second-order valence-corrected chi connectivity index (χ2v) is 5.93. The molecule has 16 heavy (non-hydrogen) atoms. The number of rotatable bonds is 4. The second kappa shape index (κ2) is 4.26. The van der Waals surface area contributed by atoms with Crippen LogP contribution in [-0.4, -0.2) is 59.7 Å². The Kier molecular flexibility index (Phi) is 3.27. The van der Waals surface area contributed by atoms with Crippen LogP contribution in [0.3, 0.4) is 0 Å². The highest BCUT2D eigenvalue weighted by molar-refractivity contribution is 4.96. The zero-order valence-corrected chi connectivity index (χ0v) is 10.3. The number of aliphatic hydroxyl groups excluding tert-OH is 1. The molecule has 0 amide bonds. The summed E-state index contributed by atoms with van der Waals surface area (Å²) in [5.74, 6) is 0. The van der Waals surface area contributed by atoms with Gasteiger partial charge in [-0.2, -0.15) is 0 Å². The molecule has 0 aromatic heterocycles. The van der Waals surface area contributed by atoms with Crippen molar-refractivity contribution >= 4 is 0 Å². The number of aliphatic hydroxyl groups is 2. The summed E-state index contributed by atoms with van der Waals surface area (Å²) in [6.07, 6.45) is 2.18. The molecule has 0 spiro atoms. The molecule has 2 fully saturated rings. The first kappa shape index (κ1) is 12.3. The van der Waals surface area contributed by atoms with Gasteiger partial charge in [0.1, 0.15) is 0 Å². The van der Waals surface area contributed by atoms with Crippen LogP contribution in [0.1, 0.15) is 26.7 Å². The summed E-state index contributed by atoms with van der Waals surface area (Å²) in [6.45, 7) is 7.10. The Labute approximate surface area is 97.2 Å². The Bertz CT molecular complexity index is 240. The number of likely N-dealkylation sites (tertiary alicyclic amines) is 1. The molecule has 0 aromatic rings. The van der Waals surface area contributed by atoms with Crippen LogP contribution in [0.25, 0.3) is 0 Å². The van der Waals surface area contributed by atoms with Crippen LogP contribution in [0.4, 0.5) is 0 Å². The maximum Gasteiger partial charge on any atom is 0.0746 e. The lowest BCUT2D eigenvalue weighted by atomic mass is 9.85. The van der Waals surface area contributed by atoms with Gasteiger partial charge in [0, 0.05) is 12.6 Å². The molecule has 2 aliphatic rings. The zero-order chi connectivity index (χ0) is 11.8. The normalized spacial score (nSPS) is 30.4. The van der Waals surface area contributed by atoms with Crippen LogP contribution in [-0.2, 0) is 4.74 Å². The highest BCUT2D eigenvalue weighted by Crippen LogP contribution is 2.33. The molecule has 2 aliphatic heterocycles. The van der Waals surface area contributed by atoms with Crippen LogP contribution in [0.5, 0.6) is 0 Å². The van der Waals surface area contributed by atoms with Gasteiger partial charge in [0.15, 0.2) is 0 Å². The van der Waals surface area contributed by atoms with Crippen molar-refractivity contribution in [1.29, 1.82) is 0 Å². The third-order valence-corrected chi connectivity index (χ3v) is 3.87. The van der Waals surface area contributed by atoms with Crippen LogP contribution in [0.2, 0.25) is 0 Å². The fourth-order valence-corrected chi connectivity index (χ4v) is 2.87. The van der Waals surface area contributed by atoms with Gasteiger partial charge >= 0.3 is 0 Å². The second-order valence-electron chi connectivity index (χ2n) is 5.93. The van der Waals surface area contributed by atoms with Gasteiger partial charge in [0.2, 0.25) is 0 Å². The molecule has 1 atom stereocenters. The highest BCUT2D eigenvalue weighted by atomic mass is 16.5.